The van der Waals surface area contributed by atoms with Crippen LogP contribution in [0.1, 0.15) is 29.2 Å². The molecule has 3 rings (SSSR count). The first-order valence-electron chi connectivity index (χ1n) is 8.79. The Morgan fingerprint density at radius 2 is 1.32 bits per heavy atom. The van der Waals surface area contributed by atoms with Crippen LogP contribution in [-0.4, -0.2) is 0 Å². The van der Waals surface area contributed by atoms with Crippen molar-refractivity contribution in [2.24, 2.45) is 0 Å². The summed E-state index contributed by atoms with van der Waals surface area (Å²) in [5.74, 6) is 0. The molecule has 0 saturated heterocycles. The highest BCUT2D eigenvalue weighted by Gasteiger charge is 2.12. The number of hydrogen-bond acceptors (Lipinski definition) is 1. The number of aryl methyl sites for hydroxylation is 1. The van der Waals surface area contributed by atoms with Crippen molar-refractivity contribution in [3.05, 3.63) is 100 Å². The Kier molecular flexibility index (Phi) is 5.78. The van der Waals surface area contributed by atoms with E-state index in [9.17, 15) is 0 Å². The van der Waals surface area contributed by atoms with Crippen LogP contribution in [0.25, 0.3) is 0 Å². The lowest BCUT2D eigenvalue weighted by molar-refractivity contribution is 0.799. The van der Waals surface area contributed by atoms with Crippen molar-refractivity contribution in [3.8, 4) is 0 Å². The second-order valence-electron chi connectivity index (χ2n) is 6.40. The van der Waals surface area contributed by atoms with Gasteiger partial charge in [0.2, 0.25) is 0 Å². The summed E-state index contributed by atoms with van der Waals surface area (Å²) in [5.41, 5.74) is 6.27. The van der Waals surface area contributed by atoms with E-state index in [-0.39, 0.29) is 0 Å². The molecule has 0 aliphatic carbocycles. The van der Waals surface area contributed by atoms with Gasteiger partial charge in [-0.15, -0.1) is 0 Å². The van der Waals surface area contributed by atoms with Gasteiger partial charge in [0.15, 0.2) is 0 Å². The van der Waals surface area contributed by atoms with Gasteiger partial charge in [-0.25, -0.2) is 0 Å². The Labute approximate surface area is 155 Å². The molecule has 0 saturated carbocycles. The molecule has 2 heteroatoms. The average Bonchev–Trinajstić information content (AvgIpc) is 2.63. The Morgan fingerprint density at radius 1 is 0.800 bits per heavy atom. The Hall–Kier alpha value is -2.25. The van der Waals surface area contributed by atoms with Crippen LogP contribution in [0.3, 0.4) is 0 Å². The van der Waals surface area contributed by atoms with Crippen LogP contribution >= 0.6 is 11.6 Å². The lowest BCUT2D eigenvalue weighted by atomic mass is 10.0. The number of halogens is 1. The first kappa shape index (κ1) is 17.6. The second kappa shape index (κ2) is 8.22. The normalized spacial score (nSPS) is 10.7. The quantitative estimate of drug-likeness (QED) is 0.496. The van der Waals surface area contributed by atoms with Gasteiger partial charge in [-0.2, -0.15) is 0 Å². The number of benzene rings is 3. The molecule has 0 spiro atoms. The summed E-state index contributed by atoms with van der Waals surface area (Å²) in [4.78, 5) is 2.39. The topological polar surface area (TPSA) is 3.24 Å². The fourth-order valence-electron chi connectivity index (χ4n) is 3.23. The molecule has 0 fully saturated rings. The predicted octanol–water partition coefficient (Wildman–Crippen LogP) is 6.42. The van der Waals surface area contributed by atoms with Gasteiger partial charge in [-0.05, 0) is 47.7 Å². The van der Waals surface area contributed by atoms with E-state index in [0.29, 0.717) is 0 Å². The van der Waals surface area contributed by atoms with Crippen molar-refractivity contribution >= 4 is 17.3 Å². The minimum Gasteiger partial charge on any atom is -0.363 e. The van der Waals surface area contributed by atoms with Crippen LogP contribution < -0.4 is 4.90 Å². The summed E-state index contributed by atoms with van der Waals surface area (Å²) in [6.45, 7) is 6.02. The summed E-state index contributed by atoms with van der Waals surface area (Å²) in [5, 5.41) is 0.864. The van der Waals surface area contributed by atoms with Gasteiger partial charge < -0.3 is 4.90 Å². The van der Waals surface area contributed by atoms with Crippen molar-refractivity contribution < 1.29 is 0 Å². The van der Waals surface area contributed by atoms with Crippen LogP contribution in [0.4, 0.5) is 5.69 Å². The molecule has 0 unspecified atom stereocenters. The standard InChI is InChI=1S/C23H24ClN/c1-3-22-18(2)14-21(15-23(22)24)25(16-19-10-6-4-7-11-19)17-20-12-8-5-9-13-20/h4-15H,3,16-17H2,1-2H3. The minimum atomic E-state index is 0.858. The molecule has 0 amide bonds. The molecule has 0 aliphatic heterocycles. The molecule has 1 nitrogen and oxygen atoms in total. The lowest BCUT2D eigenvalue weighted by Gasteiger charge is -2.26. The van der Waals surface area contributed by atoms with Crippen LogP contribution in [0.2, 0.25) is 5.02 Å². The number of nitrogens with zero attached hydrogens (tertiary/aromatic N) is 1. The zero-order chi connectivity index (χ0) is 17.6. The molecular formula is C23H24ClN. The van der Waals surface area contributed by atoms with E-state index in [0.717, 1.165) is 24.5 Å². The Morgan fingerprint density at radius 3 is 1.76 bits per heavy atom. The van der Waals surface area contributed by atoms with E-state index in [1.54, 1.807) is 0 Å². The van der Waals surface area contributed by atoms with E-state index in [1.807, 2.05) is 0 Å². The molecule has 128 valence electrons. The average molecular weight is 350 g/mol. The minimum absolute atomic E-state index is 0.858. The molecule has 25 heavy (non-hydrogen) atoms. The molecule has 0 bridgehead atoms. The van der Waals surface area contributed by atoms with Gasteiger partial charge in [-0.3, -0.25) is 0 Å². The van der Waals surface area contributed by atoms with Crippen LogP contribution in [0.5, 0.6) is 0 Å². The first-order chi connectivity index (χ1) is 12.2. The molecule has 0 aromatic heterocycles. The first-order valence-corrected chi connectivity index (χ1v) is 9.17. The molecule has 3 aromatic rings. The van der Waals surface area contributed by atoms with E-state index in [2.05, 4.69) is 91.5 Å². The molecule has 0 N–H and O–H groups in total. The van der Waals surface area contributed by atoms with Gasteiger partial charge >= 0.3 is 0 Å². The van der Waals surface area contributed by atoms with E-state index in [1.165, 1.54) is 27.9 Å². The van der Waals surface area contributed by atoms with Gasteiger partial charge in [0.05, 0.1) is 0 Å². The molecule has 0 radical (unpaired) electrons. The van der Waals surface area contributed by atoms with E-state index < -0.39 is 0 Å². The van der Waals surface area contributed by atoms with Crippen molar-refractivity contribution in [2.75, 3.05) is 4.90 Å². The third-order valence-corrected chi connectivity index (χ3v) is 4.89. The third-order valence-electron chi connectivity index (χ3n) is 4.55. The van der Waals surface area contributed by atoms with Gasteiger partial charge in [0, 0.05) is 23.8 Å². The summed E-state index contributed by atoms with van der Waals surface area (Å²) in [6.07, 6.45) is 0.961. The van der Waals surface area contributed by atoms with E-state index >= 15 is 0 Å². The SMILES string of the molecule is CCc1c(C)cc(N(Cc2ccccc2)Cc2ccccc2)cc1Cl. The molecule has 3 aromatic carbocycles. The summed E-state index contributed by atoms with van der Waals surface area (Å²) in [6, 6.07) is 25.5. The fraction of sp³-hybridized carbons (Fsp3) is 0.217. The van der Waals surface area contributed by atoms with Crippen molar-refractivity contribution in [2.45, 2.75) is 33.4 Å². The van der Waals surface area contributed by atoms with Gasteiger partial charge in [-0.1, -0.05) is 79.2 Å². The molecule has 0 heterocycles. The summed E-state index contributed by atoms with van der Waals surface area (Å²) < 4.78 is 0. The van der Waals surface area contributed by atoms with Gasteiger partial charge in [0.1, 0.15) is 0 Å². The smallest absolute Gasteiger partial charge is 0.0461 e. The predicted molar refractivity (Wildman–Crippen MR) is 108 cm³/mol. The fourth-order valence-corrected chi connectivity index (χ4v) is 3.63. The third kappa shape index (κ3) is 4.43. The number of rotatable bonds is 6. The van der Waals surface area contributed by atoms with Crippen LogP contribution in [0.15, 0.2) is 72.8 Å². The van der Waals surface area contributed by atoms with Crippen molar-refractivity contribution in [1.82, 2.24) is 0 Å². The van der Waals surface area contributed by atoms with Crippen LogP contribution in [0, 0.1) is 6.92 Å². The molecular weight excluding hydrogens is 326 g/mol. The maximum absolute atomic E-state index is 6.56. The van der Waals surface area contributed by atoms with Crippen molar-refractivity contribution in [1.29, 1.82) is 0 Å². The highest BCUT2D eigenvalue weighted by atomic mass is 35.5. The Bertz CT molecular complexity index is 748. The maximum atomic E-state index is 6.56. The lowest BCUT2D eigenvalue weighted by Crippen LogP contribution is -2.22. The van der Waals surface area contributed by atoms with Crippen molar-refractivity contribution in [3.63, 3.8) is 0 Å². The number of anilines is 1. The van der Waals surface area contributed by atoms with E-state index in [4.69, 9.17) is 11.6 Å². The highest BCUT2D eigenvalue weighted by molar-refractivity contribution is 6.31. The molecule has 0 atom stereocenters. The summed E-state index contributed by atoms with van der Waals surface area (Å²) in [7, 11) is 0. The zero-order valence-corrected chi connectivity index (χ0v) is 15.6. The Balaban J connectivity index is 1.95. The summed E-state index contributed by atoms with van der Waals surface area (Å²) >= 11 is 6.56. The largest absolute Gasteiger partial charge is 0.363 e. The second-order valence-corrected chi connectivity index (χ2v) is 6.81. The van der Waals surface area contributed by atoms with Gasteiger partial charge in [0.25, 0.3) is 0 Å². The highest BCUT2D eigenvalue weighted by Crippen LogP contribution is 2.29. The number of hydrogen-bond donors (Lipinski definition) is 0. The monoisotopic (exact) mass is 349 g/mol. The zero-order valence-electron chi connectivity index (χ0n) is 14.9. The molecule has 0 aliphatic rings. The van der Waals surface area contributed by atoms with Crippen LogP contribution in [-0.2, 0) is 19.5 Å². The maximum Gasteiger partial charge on any atom is 0.0461 e.